The molecule has 0 saturated carbocycles. The molecule has 1 saturated heterocycles. The van der Waals surface area contributed by atoms with E-state index in [-0.39, 0.29) is 17.5 Å². The Hall–Kier alpha value is -2.61. The van der Waals surface area contributed by atoms with Crippen molar-refractivity contribution in [3.05, 3.63) is 45.7 Å². The zero-order chi connectivity index (χ0) is 18.7. The fraction of sp³-hybridized carbons (Fsp3) is 0.412. The van der Waals surface area contributed by atoms with E-state index in [0.717, 1.165) is 18.8 Å². The normalized spacial score (nSPS) is 14.6. The average molecular weight is 377 g/mol. The topological polar surface area (TPSA) is 87.4 Å². The van der Waals surface area contributed by atoms with Gasteiger partial charge in [-0.3, -0.25) is 10.1 Å². The highest BCUT2D eigenvalue weighted by molar-refractivity contribution is 6.30. The Labute approximate surface area is 157 Å². The van der Waals surface area contributed by atoms with Crippen molar-refractivity contribution in [1.29, 1.82) is 0 Å². The van der Waals surface area contributed by atoms with E-state index in [1.807, 2.05) is 43.0 Å². The molecule has 1 aliphatic rings. The second-order valence-electron chi connectivity index (χ2n) is 6.40. The van der Waals surface area contributed by atoms with Crippen molar-refractivity contribution in [1.82, 2.24) is 9.97 Å². The minimum atomic E-state index is -0.413. The summed E-state index contributed by atoms with van der Waals surface area (Å²) in [4.78, 5) is 23.6. The number of nitrogens with one attached hydrogen (secondary N) is 1. The summed E-state index contributed by atoms with van der Waals surface area (Å²) in [6.45, 7) is 6.55. The molecule has 3 rings (SSSR count). The van der Waals surface area contributed by atoms with Crippen LogP contribution in [0.5, 0.6) is 0 Å². The van der Waals surface area contributed by atoms with Gasteiger partial charge in [0, 0.05) is 42.9 Å². The smallest absolute Gasteiger partial charge is 0.353 e. The molecule has 8 nitrogen and oxygen atoms in total. The summed E-state index contributed by atoms with van der Waals surface area (Å²) >= 11 is 6.07. The largest absolute Gasteiger partial charge is 0.368 e. The van der Waals surface area contributed by atoms with Crippen molar-refractivity contribution in [2.24, 2.45) is 0 Å². The van der Waals surface area contributed by atoms with Crippen molar-refractivity contribution < 1.29 is 4.92 Å². The molecule has 0 bridgehead atoms. The number of aromatic nitrogens is 2. The van der Waals surface area contributed by atoms with E-state index >= 15 is 0 Å². The maximum atomic E-state index is 11.6. The van der Waals surface area contributed by atoms with Gasteiger partial charge < -0.3 is 15.1 Å². The minimum absolute atomic E-state index is 0.0381. The Morgan fingerprint density at radius 2 is 1.88 bits per heavy atom. The van der Waals surface area contributed by atoms with Gasteiger partial charge in [0.05, 0.1) is 4.92 Å². The number of piperazine rings is 1. The van der Waals surface area contributed by atoms with Gasteiger partial charge in [-0.2, -0.15) is 0 Å². The summed E-state index contributed by atoms with van der Waals surface area (Å²) in [5.74, 6) is 0.617. The molecule has 1 aromatic heterocycles. The summed E-state index contributed by atoms with van der Waals surface area (Å²) in [6.07, 6.45) is 1.37. The highest BCUT2D eigenvalue weighted by atomic mass is 35.5. The molecule has 138 valence electrons. The number of benzene rings is 1. The van der Waals surface area contributed by atoms with E-state index in [9.17, 15) is 10.1 Å². The lowest BCUT2D eigenvalue weighted by atomic mass is 10.2. The number of halogens is 1. The van der Waals surface area contributed by atoms with Crippen LogP contribution >= 0.6 is 11.6 Å². The third kappa shape index (κ3) is 3.96. The van der Waals surface area contributed by atoms with Crippen molar-refractivity contribution in [3.8, 4) is 0 Å². The predicted molar refractivity (Wildman–Crippen MR) is 103 cm³/mol. The molecule has 0 unspecified atom stereocenters. The Morgan fingerprint density at radius 1 is 1.19 bits per heavy atom. The lowest BCUT2D eigenvalue weighted by molar-refractivity contribution is -0.383. The molecule has 1 aliphatic heterocycles. The fourth-order valence-corrected chi connectivity index (χ4v) is 3.18. The van der Waals surface area contributed by atoms with Gasteiger partial charge in [-0.1, -0.05) is 17.7 Å². The summed E-state index contributed by atoms with van der Waals surface area (Å²) < 4.78 is 0. The van der Waals surface area contributed by atoms with Crippen molar-refractivity contribution in [2.45, 2.75) is 19.9 Å². The second-order valence-corrected chi connectivity index (χ2v) is 6.84. The zero-order valence-electron chi connectivity index (χ0n) is 14.7. The van der Waals surface area contributed by atoms with Gasteiger partial charge in [0.25, 0.3) is 0 Å². The van der Waals surface area contributed by atoms with E-state index in [0.29, 0.717) is 23.9 Å². The quantitative estimate of drug-likeness (QED) is 0.633. The number of hydrogen-bond acceptors (Lipinski definition) is 7. The molecule has 2 aromatic rings. The second kappa shape index (κ2) is 7.74. The first-order chi connectivity index (χ1) is 12.5. The fourth-order valence-electron chi connectivity index (χ4n) is 3.00. The van der Waals surface area contributed by atoms with E-state index in [1.54, 1.807) is 0 Å². The van der Waals surface area contributed by atoms with E-state index in [1.165, 1.54) is 6.33 Å². The maximum absolute atomic E-state index is 11.6. The Bertz CT molecular complexity index is 793. The van der Waals surface area contributed by atoms with Crippen LogP contribution in [0.15, 0.2) is 30.6 Å². The molecular weight excluding hydrogens is 356 g/mol. The van der Waals surface area contributed by atoms with Crippen LogP contribution in [0.2, 0.25) is 5.02 Å². The SMILES string of the molecule is CC(C)Nc1ncnc(N2CCN(c3cccc(Cl)c3)CC2)c1[N+](=O)[O-]. The van der Waals surface area contributed by atoms with Crippen LogP contribution in [0, 0.1) is 10.1 Å². The Balaban J connectivity index is 1.80. The first kappa shape index (κ1) is 18.2. The average Bonchev–Trinajstić information content (AvgIpc) is 2.61. The van der Waals surface area contributed by atoms with Crippen LogP contribution in [-0.2, 0) is 0 Å². The van der Waals surface area contributed by atoms with Crippen molar-refractivity contribution in [3.63, 3.8) is 0 Å². The van der Waals surface area contributed by atoms with Gasteiger partial charge in [0.2, 0.25) is 11.6 Å². The van der Waals surface area contributed by atoms with Gasteiger partial charge >= 0.3 is 5.69 Å². The molecule has 1 N–H and O–H groups in total. The maximum Gasteiger partial charge on any atom is 0.353 e. The number of nitrogens with zero attached hydrogens (tertiary/aromatic N) is 5. The van der Waals surface area contributed by atoms with E-state index in [4.69, 9.17) is 11.6 Å². The number of rotatable bonds is 5. The van der Waals surface area contributed by atoms with Crippen LogP contribution in [0.25, 0.3) is 0 Å². The van der Waals surface area contributed by atoms with Gasteiger partial charge in [0.1, 0.15) is 6.33 Å². The van der Waals surface area contributed by atoms with Crippen molar-refractivity contribution in [2.75, 3.05) is 41.3 Å². The van der Waals surface area contributed by atoms with Crippen LogP contribution in [0.1, 0.15) is 13.8 Å². The third-order valence-electron chi connectivity index (χ3n) is 4.16. The Morgan fingerprint density at radius 3 is 2.50 bits per heavy atom. The summed E-state index contributed by atoms with van der Waals surface area (Å²) in [5, 5.41) is 15.3. The van der Waals surface area contributed by atoms with Gasteiger partial charge in [-0.25, -0.2) is 9.97 Å². The number of anilines is 3. The number of nitro groups is 1. The minimum Gasteiger partial charge on any atom is -0.368 e. The molecule has 0 amide bonds. The van der Waals surface area contributed by atoms with E-state index < -0.39 is 4.92 Å². The molecule has 9 heteroatoms. The zero-order valence-corrected chi connectivity index (χ0v) is 15.5. The van der Waals surface area contributed by atoms with Crippen LogP contribution in [0.4, 0.5) is 23.0 Å². The van der Waals surface area contributed by atoms with E-state index in [2.05, 4.69) is 20.2 Å². The van der Waals surface area contributed by atoms with Gasteiger partial charge in [-0.15, -0.1) is 0 Å². The summed E-state index contributed by atoms with van der Waals surface area (Å²) in [5.41, 5.74) is 0.980. The molecule has 0 radical (unpaired) electrons. The molecule has 2 heterocycles. The summed E-state index contributed by atoms with van der Waals surface area (Å²) in [7, 11) is 0. The molecule has 1 aromatic carbocycles. The standard InChI is InChI=1S/C17H21ClN6O2/c1-12(2)21-16-15(24(25)26)17(20-11-19-16)23-8-6-22(7-9-23)14-5-3-4-13(18)10-14/h3-5,10-12H,6-9H2,1-2H3,(H,19,20,21). The lowest BCUT2D eigenvalue weighted by Crippen LogP contribution is -2.47. The number of hydrogen-bond donors (Lipinski definition) is 1. The van der Waals surface area contributed by atoms with Gasteiger partial charge in [0.15, 0.2) is 0 Å². The first-order valence-electron chi connectivity index (χ1n) is 8.47. The molecule has 0 spiro atoms. The predicted octanol–water partition coefficient (Wildman–Crippen LogP) is 3.19. The van der Waals surface area contributed by atoms with Gasteiger partial charge in [-0.05, 0) is 32.0 Å². The molecular formula is C17H21ClN6O2. The third-order valence-corrected chi connectivity index (χ3v) is 4.40. The highest BCUT2D eigenvalue weighted by Gasteiger charge is 2.29. The molecule has 26 heavy (non-hydrogen) atoms. The highest BCUT2D eigenvalue weighted by Crippen LogP contribution is 2.33. The molecule has 1 fully saturated rings. The monoisotopic (exact) mass is 376 g/mol. The summed E-state index contributed by atoms with van der Waals surface area (Å²) in [6, 6.07) is 7.74. The van der Waals surface area contributed by atoms with Crippen molar-refractivity contribution >= 4 is 34.6 Å². The Kier molecular flexibility index (Phi) is 5.41. The lowest BCUT2D eigenvalue weighted by Gasteiger charge is -2.36. The van der Waals surface area contributed by atoms with Crippen LogP contribution in [-0.4, -0.2) is 47.1 Å². The molecule has 0 aliphatic carbocycles. The molecule has 0 atom stereocenters. The van der Waals surface area contributed by atoms with Crippen LogP contribution < -0.4 is 15.1 Å². The first-order valence-corrected chi connectivity index (χ1v) is 8.85. The van der Waals surface area contributed by atoms with Crippen LogP contribution in [0.3, 0.4) is 0 Å².